The van der Waals surface area contributed by atoms with E-state index in [1.807, 2.05) is 0 Å². The SMILES string of the molecule is Cc1ccccc1N1CCN(CC(=O)NCc2ccc(F)cc2)CC1. The normalized spacial score (nSPS) is 15.2. The lowest BCUT2D eigenvalue weighted by Gasteiger charge is -2.36. The second kappa shape index (κ2) is 8.12. The molecule has 1 aliphatic heterocycles. The number of carbonyl (C=O) groups is 1. The fourth-order valence-corrected chi connectivity index (χ4v) is 3.13. The van der Waals surface area contributed by atoms with E-state index < -0.39 is 0 Å². The Kier molecular flexibility index (Phi) is 5.66. The summed E-state index contributed by atoms with van der Waals surface area (Å²) in [6, 6.07) is 14.6. The molecule has 0 aliphatic carbocycles. The number of para-hydroxylation sites is 1. The maximum Gasteiger partial charge on any atom is 0.234 e. The highest BCUT2D eigenvalue weighted by Gasteiger charge is 2.19. The molecule has 0 spiro atoms. The van der Waals surface area contributed by atoms with Crippen molar-refractivity contribution in [2.24, 2.45) is 0 Å². The maximum absolute atomic E-state index is 12.9. The predicted octanol–water partition coefficient (Wildman–Crippen LogP) is 2.57. The van der Waals surface area contributed by atoms with Gasteiger partial charge in [-0.25, -0.2) is 4.39 Å². The van der Waals surface area contributed by atoms with Gasteiger partial charge in [-0.15, -0.1) is 0 Å². The Morgan fingerprint density at radius 3 is 2.40 bits per heavy atom. The molecule has 1 saturated heterocycles. The maximum atomic E-state index is 12.9. The Labute approximate surface area is 148 Å². The van der Waals surface area contributed by atoms with Crippen molar-refractivity contribution in [1.82, 2.24) is 10.2 Å². The number of piperazine rings is 1. The van der Waals surface area contributed by atoms with Gasteiger partial charge in [-0.3, -0.25) is 9.69 Å². The molecular weight excluding hydrogens is 317 g/mol. The molecule has 1 heterocycles. The second-order valence-electron chi connectivity index (χ2n) is 6.45. The third kappa shape index (κ3) is 4.79. The fraction of sp³-hybridized carbons (Fsp3) is 0.350. The summed E-state index contributed by atoms with van der Waals surface area (Å²) in [5, 5.41) is 2.90. The number of hydrogen-bond donors (Lipinski definition) is 1. The summed E-state index contributed by atoms with van der Waals surface area (Å²) >= 11 is 0. The predicted molar refractivity (Wildman–Crippen MR) is 98.1 cm³/mol. The molecule has 0 saturated carbocycles. The summed E-state index contributed by atoms with van der Waals surface area (Å²) in [6.07, 6.45) is 0. The van der Waals surface area contributed by atoms with E-state index in [2.05, 4.69) is 46.3 Å². The summed E-state index contributed by atoms with van der Waals surface area (Å²) in [5.41, 5.74) is 3.47. The molecule has 0 unspecified atom stereocenters. The lowest BCUT2D eigenvalue weighted by molar-refractivity contribution is -0.122. The highest BCUT2D eigenvalue weighted by atomic mass is 19.1. The highest BCUT2D eigenvalue weighted by Crippen LogP contribution is 2.20. The van der Waals surface area contributed by atoms with Crippen molar-refractivity contribution in [2.45, 2.75) is 13.5 Å². The summed E-state index contributed by atoms with van der Waals surface area (Å²) in [6.45, 7) is 6.57. The molecule has 1 fully saturated rings. The first kappa shape index (κ1) is 17.4. The van der Waals surface area contributed by atoms with Gasteiger partial charge in [0, 0.05) is 38.4 Å². The summed E-state index contributed by atoms with van der Waals surface area (Å²) in [5.74, 6) is -0.254. The van der Waals surface area contributed by atoms with Crippen molar-refractivity contribution in [3.05, 3.63) is 65.5 Å². The topological polar surface area (TPSA) is 35.6 Å². The van der Waals surface area contributed by atoms with Gasteiger partial charge in [0.1, 0.15) is 5.82 Å². The number of aryl methyl sites for hydroxylation is 1. The van der Waals surface area contributed by atoms with E-state index in [9.17, 15) is 9.18 Å². The number of nitrogens with one attached hydrogen (secondary N) is 1. The largest absolute Gasteiger partial charge is 0.369 e. The first-order valence-electron chi connectivity index (χ1n) is 8.66. The standard InChI is InChI=1S/C20H24FN3O/c1-16-4-2-3-5-19(16)24-12-10-23(11-13-24)15-20(25)22-14-17-6-8-18(21)9-7-17/h2-9H,10-15H2,1H3,(H,22,25). The molecule has 0 bridgehead atoms. The lowest BCUT2D eigenvalue weighted by atomic mass is 10.1. The van der Waals surface area contributed by atoms with Crippen LogP contribution in [0.3, 0.4) is 0 Å². The monoisotopic (exact) mass is 341 g/mol. The van der Waals surface area contributed by atoms with E-state index in [4.69, 9.17) is 0 Å². The first-order valence-corrected chi connectivity index (χ1v) is 8.66. The fourth-order valence-electron chi connectivity index (χ4n) is 3.13. The smallest absolute Gasteiger partial charge is 0.234 e. The van der Waals surface area contributed by atoms with Gasteiger partial charge in [0.05, 0.1) is 6.54 Å². The van der Waals surface area contributed by atoms with Gasteiger partial charge in [0.25, 0.3) is 0 Å². The van der Waals surface area contributed by atoms with E-state index >= 15 is 0 Å². The Morgan fingerprint density at radius 1 is 1.04 bits per heavy atom. The van der Waals surface area contributed by atoms with Crippen molar-refractivity contribution in [2.75, 3.05) is 37.6 Å². The van der Waals surface area contributed by atoms with Gasteiger partial charge < -0.3 is 10.2 Å². The summed E-state index contributed by atoms with van der Waals surface area (Å²) in [7, 11) is 0. The third-order valence-corrected chi connectivity index (χ3v) is 4.60. The summed E-state index contributed by atoms with van der Waals surface area (Å²) < 4.78 is 12.9. The van der Waals surface area contributed by atoms with Crippen LogP contribution in [0.4, 0.5) is 10.1 Å². The van der Waals surface area contributed by atoms with Crippen LogP contribution in [0.25, 0.3) is 0 Å². The van der Waals surface area contributed by atoms with Crippen molar-refractivity contribution in [3.8, 4) is 0 Å². The average molecular weight is 341 g/mol. The Balaban J connectivity index is 1.43. The van der Waals surface area contributed by atoms with Crippen LogP contribution in [0.2, 0.25) is 0 Å². The van der Waals surface area contributed by atoms with E-state index in [1.54, 1.807) is 12.1 Å². The van der Waals surface area contributed by atoms with Gasteiger partial charge in [-0.2, -0.15) is 0 Å². The zero-order chi connectivity index (χ0) is 17.6. The Bertz CT molecular complexity index is 709. The average Bonchev–Trinajstić information content (AvgIpc) is 2.62. The van der Waals surface area contributed by atoms with Crippen LogP contribution in [0.5, 0.6) is 0 Å². The van der Waals surface area contributed by atoms with Gasteiger partial charge in [0.15, 0.2) is 0 Å². The summed E-state index contributed by atoms with van der Waals surface area (Å²) in [4.78, 5) is 16.7. The van der Waals surface area contributed by atoms with Crippen LogP contribution in [0.15, 0.2) is 48.5 Å². The molecular formula is C20H24FN3O. The molecule has 0 radical (unpaired) electrons. The zero-order valence-electron chi connectivity index (χ0n) is 14.5. The van der Waals surface area contributed by atoms with Crippen LogP contribution in [0, 0.1) is 12.7 Å². The molecule has 0 aromatic heterocycles. The minimum atomic E-state index is -0.262. The number of amides is 1. The van der Waals surface area contributed by atoms with Crippen LogP contribution in [-0.4, -0.2) is 43.5 Å². The minimum Gasteiger partial charge on any atom is -0.369 e. The van der Waals surface area contributed by atoms with Gasteiger partial charge in [-0.1, -0.05) is 30.3 Å². The van der Waals surface area contributed by atoms with Gasteiger partial charge in [0.2, 0.25) is 5.91 Å². The molecule has 4 nitrogen and oxygen atoms in total. The van der Waals surface area contributed by atoms with Crippen molar-refractivity contribution >= 4 is 11.6 Å². The minimum absolute atomic E-state index is 0.00802. The molecule has 3 rings (SSSR count). The molecule has 1 aliphatic rings. The molecule has 0 atom stereocenters. The van der Waals surface area contributed by atoms with E-state index in [0.29, 0.717) is 13.1 Å². The Morgan fingerprint density at radius 2 is 1.72 bits per heavy atom. The number of anilines is 1. The molecule has 2 aromatic rings. The van der Waals surface area contributed by atoms with E-state index in [1.165, 1.54) is 23.4 Å². The number of benzene rings is 2. The number of hydrogen-bond acceptors (Lipinski definition) is 3. The quantitative estimate of drug-likeness (QED) is 0.908. The van der Waals surface area contributed by atoms with Crippen molar-refractivity contribution in [1.29, 1.82) is 0 Å². The molecule has 5 heteroatoms. The van der Waals surface area contributed by atoms with E-state index in [-0.39, 0.29) is 11.7 Å². The number of rotatable bonds is 5. The van der Waals surface area contributed by atoms with Crippen LogP contribution in [0.1, 0.15) is 11.1 Å². The van der Waals surface area contributed by atoms with Gasteiger partial charge >= 0.3 is 0 Å². The van der Waals surface area contributed by atoms with Crippen LogP contribution in [-0.2, 0) is 11.3 Å². The van der Waals surface area contributed by atoms with Crippen LogP contribution >= 0.6 is 0 Å². The number of halogens is 1. The second-order valence-corrected chi connectivity index (χ2v) is 6.45. The Hall–Kier alpha value is -2.40. The number of nitrogens with zero attached hydrogens (tertiary/aromatic N) is 2. The molecule has 25 heavy (non-hydrogen) atoms. The third-order valence-electron chi connectivity index (χ3n) is 4.60. The highest BCUT2D eigenvalue weighted by molar-refractivity contribution is 5.78. The van der Waals surface area contributed by atoms with E-state index in [0.717, 1.165) is 31.7 Å². The zero-order valence-corrected chi connectivity index (χ0v) is 14.5. The molecule has 1 N–H and O–H groups in total. The van der Waals surface area contributed by atoms with Gasteiger partial charge in [-0.05, 0) is 36.2 Å². The first-order chi connectivity index (χ1) is 12.1. The molecule has 132 valence electrons. The lowest BCUT2D eigenvalue weighted by Crippen LogP contribution is -2.49. The van der Waals surface area contributed by atoms with Crippen molar-refractivity contribution < 1.29 is 9.18 Å². The van der Waals surface area contributed by atoms with Crippen molar-refractivity contribution in [3.63, 3.8) is 0 Å². The van der Waals surface area contributed by atoms with Crippen LogP contribution < -0.4 is 10.2 Å². The molecule has 2 aromatic carbocycles. The number of carbonyl (C=O) groups excluding carboxylic acids is 1. The molecule has 1 amide bonds.